The average Bonchev–Trinajstić information content (AvgIpc) is 2.40. The van der Waals surface area contributed by atoms with E-state index in [9.17, 15) is 0 Å². The van der Waals surface area contributed by atoms with Gasteiger partial charge >= 0.3 is 0 Å². The first-order chi connectivity index (χ1) is 8.43. The molecular weight excluding hydrogens is 206 g/mol. The second-order valence-corrected chi connectivity index (χ2v) is 5.67. The van der Waals surface area contributed by atoms with E-state index >= 15 is 0 Å². The Morgan fingerprint density at radius 1 is 1.06 bits per heavy atom. The van der Waals surface area contributed by atoms with Crippen LogP contribution in [0.4, 0.5) is 0 Å². The summed E-state index contributed by atoms with van der Waals surface area (Å²) in [4.78, 5) is 0. The Morgan fingerprint density at radius 2 is 2.00 bits per heavy atom. The standard InChI is InChI=1S/C16H23N/c1-2-10-16-13(6-1)7-5-8-14(16)12-15-9-3-4-11-17-15/h1-2,6,10,14-15,17H,3-5,7-9,11-12H2. The van der Waals surface area contributed by atoms with Gasteiger partial charge in [0.1, 0.15) is 0 Å². The number of nitrogens with one attached hydrogen (secondary N) is 1. The van der Waals surface area contributed by atoms with Gasteiger partial charge in [-0.05, 0) is 62.1 Å². The molecule has 1 fully saturated rings. The lowest BCUT2D eigenvalue weighted by Crippen LogP contribution is -2.35. The largest absolute Gasteiger partial charge is 0.314 e. The zero-order chi connectivity index (χ0) is 11.5. The van der Waals surface area contributed by atoms with Crippen LogP contribution < -0.4 is 5.32 Å². The van der Waals surface area contributed by atoms with Gasteiger partial charge in [0, 0.05) is 6.04 Å². The molecule has 1 aliphatic heterocycles. The second kappa shape index (κ2) is 5.22. The third kappa shape index (κ3) is 2.55. The van der Waals surface area contributed by atoms with Crippen LogP contribution in [0, 0.1) is 0 Å². The third-order valence-electron chi connectivity index (χ3n) is 4.48. The van der Waals surface area contributed by atoms with Gasteiger partial charge in [-0.1, -0.05) is 30.7 Å². The van der Waals surface area contributed by atoms with Crippen molar-refractivity contribution < 1.29 is 0 Å². The fourth-order valence-electron chi connectivity index (χ4n) is 3.57. The highest BCUT2D eigenvalue weighted by Gasteiger charge is 2.23. The van der Waals surface area contributed by atoms with Gasteiger partial charge in [0.15, 0.2) is 0 Å². The molecule has 1 saturated heterocycles. The molecule has 3 rings (SSSR count). The van der Waals surface area contributed by atoms with Gasteiger partial charge in [0.2, 0.25) is 0 Å². The van der Waals surface area contributed by atoms with E-state index in [1.807, 2.05) is 0 Å². The van der Waals surface area contributed by atoms with Crippen LogP contribution in [0.1, 0.15) is 55.6 Å². The predicted molar refractivity (Wildman–Crippen MR) is 72.4 cm³/mol. The zero-order valence-electron chi connectivity index (χ0n) is 10.6. The van der Waals surface area contributed by atoms with Crippen LogP contribution in [0.3, 0.4) is 0 Å². The number of fused-ring (bicyclic) bond motifs is 1. The smallest absolute Gasteiger partial charge is 0.00728 e. The summed E-state index contributed by atoms with van der Waals surface area (Å²) in [7, 11) is 0. The van der Waals surface area contributed by atoms with Crippen LogP contribution in [0.25, 0.3) is 0 Å². The number of hydrogen-bond donors (Lipinski definition) is 1. The SMILES string of the molecule is c1ccc2c(c1)CCCC2CC1CCCCN1. The molecule has 1 aromatic carbocycles. The maximum absolute atomic E-state index is 3.70. The average molecular weight is 229 g/mol. The highest BCUT2D eigenvalue weighted by atomic mass is 14.9. The predicted octanol–water partition coefficient (Wildman–Crippen LogP) is 3.64. The summed E-state index contributed by atoms with van der Waals surface area (Å²) in [6, 6.07) is 9.88. The van der Waals surface area contributed by atoms with Crippen molar-refractivity contribution in [2.75, 3.05) is 6.54 Å². The summed E-state index contributed by atoms with van der Waals surface area (Å²) in [5.74, 6) is 0.815. The van der Waals surface area contributed by atoms with Gasteiger partial charge in [0.05, 0.1) is 0 Å². The van der Waals surface area contributed by atoms with Crippen molar-refractivity contribution >= 4 is 0 Å². The van der Waals surface area contributed by atoms with E-state index in [0.717, 1.165) is 12.0 Å². The molecule has 92 valence electrons. The van der Waals surface area contributed by atoms with Gasteiger partial charge in [0.25, 0.3) is 0 Å². The fourth-order valence-corrected chi connectivity index (χ4v) is 3.57. The van der Waals surface area contributed by atoms with Gasteiger partial charge in [-0.3, -0.25) is 0 Å². The van der Waals surface area contributed by atoms with Crippen LogP contribution in [-0.2, 0) is 6.42 Å². The Labute approximate surface area is 105 Å². The van der Waals surface area contributed by atoms with E-state index in [4.69, 9.17) is 0 Å². The number of rotatable bonds is 2. The molecule has 0 saturated carbocycles. The van der Waals surface area contributed by atoms with Gasteiger partial charge < -0.3 is 5.32 Å². The lowest BCUT2D eigenvalue weighted by atomic mass is 9.78. The van der Waals surface area contributed by atoms with Crippen LogP contribution in [0.2, 0.25) is 0 Å². The number of piperidine rings is 1. The molecule has 1 nitrogen and oxygen atoms in total. The fraction of sp³-hybridized carbons (Fsp3) is 0.625. The van der Waals surface area contributed by atoms with Crippen LogP contribution in [0.15, 0.2) is 24.3 Å². The molecule has 2 aliphatic rings. The first kappa shape index (κ1) is 11.3. The molecule has 1 N–H and O–H groups in total. The summed E-state index contributed by atoms with van der Waals surface area (Å²) in [5, 5.41) is 3.70. The van der Waals surface area contributed by atoms with Gasteiger partial charge in [-0.15, -0.1) is 0 Å². The van der Waals surface area contributed by atoms with Gasteiger partial charge in [-0.25, -0.2) is 0 Å². The van der Waals surface area contributed by atoms with Crippen molar-refractivity contribution in [2.45, 2.75) is 56.9 Å². The van der Waals surface area contributed by atoms with Crippen molar-refractivity contribution in [3.63, 3.8) is 0 Å². The Hall–Kier alpha value is -0.820. The van der Waals surface area contributed by atoms with Crippen LogP contribution in [0.5, 0.6) is 0 Å². The minimum atomic E-state index is 0.778. The molecule has 2 atom stereocenters. The molecule has 1 heterocycles. The molecule has 1 heteroatoms. The topological polar surface area (TPSA) is 12.0 Å². The molecule has 0 bridgehead atoms. The highest BCUT2D eigenvalue weighted by molar-refractivity contribution is 5.32. The minimum Gasteiger partial charge on any atom is -0.314 e. The number of benzene rings is 1. The highest BCUT2D eigenvalue weighted by Crippen LogP contribution is 2.35. The Kier molecular flexibility index (Phi) is 3.46. The summed E-state index contributed by atoms with van der Waals surface area (Å²) >= 11 is 0. The minimum absolute atomic E-state index is 0.778. The van der Waals surface area contributed by atoms with Crippen LogP contribution in [-0.4, -0.2) is 12.6 Å². The molecular formula is C16H23N. The second-order valence-electron chi connectivity index (χ2n) is 5.67. The van der Waals surface area contributed by atoms with Crippen molar-refractivity contribution in [1.29, 1.82) is 0 Å². The summed E-state index contributed by atoms with van der Waals surface area (Å²) in [6.45, 7) is 1.24. The molecule has 17 heavy (non-hydrogen) atoms. The Balaban J connectivity index is 1.71. The number of hydrogen-bond acceptors (Lipinski definition) is 1. The van der Waals surface area contributed by atoms with Gasteiger partial charge in [-0.2, -0.15) is 0 Å². The maximum atomic E-state index is 3.70. The van der Waals surface area contributed by atoms with Crippen molar-refractivity contribution in [3.05, 3.63) is 35.4 Å². The lowest BCUT2D eigenvalue weighted by molar-refractivity contribution is 0.347. The van der Waals surface area contributed by atoms with Crippen molar-refractivity contribution in [1.82, 2.24) is 5.32 Å². The molecule has 0 radical (unpaired) electrons. The Bertz CT molecular complexity index is 366. The van der Waals surface area contributed by atoms with E-state index < -0.39 is 0 Å². The maximum Gasteiger partial charge on any atom is 0.00728 e. The van der Waals surface area contributed by atoms with E-state index in [1.165, 1.54) is 51.5 Å². The van der Waals surface area contributed by atoms with E-state index in [1.54, 1.807) is 11.1 Å². The van der Waals surface area contributed by atoms with E-state index in [-0.39, 0.29) is 0 Å². The quantitative estimate of drug-likeness (QED) is 0.816. The molecule has 1 aliphatic carbocycles. The van der Waals surface area contributed by atoms with Crippen LogP contribution >= 0.6 is 0 Å². The first-order valence-corrected chi connectivity index (χ1v) is 7.24. The molecule has 0 amide bonds. The molecule has 1 aromatic rings. The van der Waals surface area contributed by atoms with Crippen molar-refractivity contribution in [3.8, 4) is 0 Å². The Morgan fingerprint density at radius 3 is 2.88 bits per heavy atom. The lowest BCUT2D eigenvalue weighted by Gasteiger charge is -2.31. The van der Waals surface area contributed by atoms with E-state index in [0.29, 0.717) is 0 Å². The summed E-state index contributed by atoms with van der Waals surface area (Å²) < 4.78 is 0. The molecule has 2 unspecified atom stereocenters. The first-order valence-electron chi connectivity index (χ1n) is 7.24. The molecule has 0 spiro atoms. The zero-order valence-corrected chi connectivity index (χ0v) is 10.6. The van der Waals surface area contributed by atoms with E-state index in [2.05, 4.69) is 29.6 Å². The summed E-state index contributed by atoms with van der Waals surface area (Å²) in [6.07, 6.45) is 9.62. The third-order valence-corrected chi connectivity index (χ3v) is 4.48. The monoisotopic (exact) mass is 229 g/mol. The normalized spacial score (nSPS) is 28.7. The summed E-state index contributed by atoms with van der Waals surface area (Å²) in [5.41, 5.74) is 3.26. The van der Waals surface area contributed by atoms with Crippen molar-refractivity contribution in [2.24, 2.45) is 0 Å². The molecule has 0 aromatic heterocycles. The number of aryl methyl sites for hydroxylation is 1.